The highest BCUT2D eigenvalue weighted by Crippen LogP contribution is 2.47. The van der Waals surface area contributed by atoms with Crippen LogP contribution in [0.4, 0.5) is 4.79 Å². The number of benzene rings is 1. The smallest absolute Gasteiger partial charge is 0.407 e. The first-order valence-corrected chi connectivity index (χ1v) is 24.0. The minimum Gasteiger partial charge on any atom is -0.493 e. The summed E-state index contributed by atoms with van der Waals surface area (Å²) in [6.07, 6.45) is 10.5. The number of allylic oxidation sites excluding steroid dienone is 1. The van der Waals surface area contributed by atoms with Gasteiger partial charge in [-0.05, 0) is 94.7 Å². The fourth-order valence-electron chi connectivity index (χ4n) is 9.14. The van der Waals surface area contributed by atoms with Crippen LogP contribution in [0, 0.1) is 11.3 Å². The number of amides is 4. The maximum Gasteiger partial charge on any atom is 0.407 e. The Morgan fingerprint density at radius 3 is 2.55 bits per heavy atom. The molecular formula is C46H65N5O10S. The molecule has 16 heteroatoms. The molecule has 2 aromatic rings. The Kier molecular flexibility index (Phi) is 13.2. The lowest BCUT2D eigenvalue weighted by Gasteiger charge is -2.48. The number of pyridine rings is 1. The van der Waals surface area contributed by atoms with Crippen LogP contribution in [-0.4, -0.2) is 104 Å². The van der Waals surface area contributed by atoms with Crippen molar-refractivity contribution in [1.29, 1.82) is 0 Å². The van der Waals surface area contributed by atoms with Crippen LogP contribution < -0.4 is 24.8 Å². The average molecular weight is 880 g/mol. The number of ether oxygens (including phenoxy) is 4. The van der Waals surface area contributed by atoms with Gasteiger partial charge in [-0.1, -0.05) is 52.7 Å². The van der Waals surface area contributed by atoms with Gasteiger partial charge < -0.3 is 34.5 Å². The van der Waals surface area contributed by atoms with E-state index in [1.165, 1.54) is 4.90 Å². The molecule has 5 aliphatic rings. The molecule has 4 amide bonds. The number of nitrogens with zero attached hydrogens (tertiary/aromatic N) is 2. The summed E-state index contributed by atoms with van der Waals surface area (Å²) in [7, 11) is -2.36. The van der Waals surface area contributed by atoms with Crippen molar-refractivity contribution in [3.8, 4) is 11.5 Å². The highest BCUT2D eigenvalue weighted by atomic mass is 32.2. The van der Waals surface area contributed by atoms with E-state index in [-0.39, 0.29) is 31.4 Å². The molecule has 5 atom stereocenters. The quantitative estimate of drug-likeness (QED) is 0.183. The van der Waals surface area contributed by atoms with E-state index >= 15 is 0 Å². The topological polar surface area (TPSA) is 192 Å². The zero-order valence-corrected chi connectivity index (χ0v) is 38.0. The number of hydrogen-bond acceptors (Lipinski definition) is 11. The van der Waals surface area contributed by atoms with Crippen molar-refractivity contribution in [3.05, 3.63) is 41.6 Å². The Balaban J connectivity index is 1.24. The van der Waals surface area contributed by atoms with E-state index in [0.29, 0.717) is 82.5 Å². The van der Waals surface area contributed by atoms with E-state index in [1.54, 1.807) is 14.0 Å². The molecule has 1 aromatic heterocycles. The Morgan fingerprint density at radius 2 is 1.85 bits per heavy atom. The molecule has 1 saturated heterocycles. The second-order valence-corrected chi connectivity index (χ2v) is 21.7. The number of methoxy groups -OCH3 is 1. The van der Waals surface area contributed by atoms with E-state index in [9.17, 15) is 27.6 Å². The molecule has 0 radical (unpaired) electrons. The number of aromatic nitrogens is 1. The van der Waals surface area contributed by atoms with Gasteiger partial charge in [0.15, 0.2) is 0 Å². The van der Waals surface area contributed by atoms with Crippen LogP contribution in [-0.2, 0) is 46.7 Å². The molecule has 2 aliphatic carbocycles. The van der Waals surface area contributed by atoms with Gasteiger partial charge in [0.25, 0.3) is 5.91 Å². The summed E-state index contributed by atoms with van der Waals surface area (Å²) in [5.41, 5.74) is -0.316. The fourth-order valence-corrected chi connectivity index (χ4v) is 10.4. The molecule has 7 rings (SSSR count). The highest BCUT2D eigenvalue weighted by molar-refractivity contribution is 7.91. The van der Waals surface area contributed by atoms with E-state index < -0.39 is 67.7 Å². The second-order valence-electron chi connectivity index (χ2n) is 19.5. The number of carbonyl (C=O) groups excluding carboxylic acids is 4. The molecule has 3 fully saturated rings. The third kappa shape index (κ3) is 9.56. The maximum absolute atomic E-state index is 15.0. The minimum atomic E-state index is -4.02. The normalized spacial score (nSPS) is 27.3. The predicted molar refractivity (Wildman–Crippen MR) is 233 cm³/mol. The Bertz CT molecular complexity index is 2180. The molecule has 5 unspecified atom stereocenters. The van der Waals surface area contributed by atoms with Gasteiger partial charge in [0, 0.05) is 43.4 Å². The van der Waals surface area contributed by atoms with Crippen molar-refractivity contribution >= 4 is 44.7 Å². The Labute approximate surface area is 365 Å². The third-order valence-corrected chi connectivity index (χ3v) is 15.5. The molecule has 340 valence electrons. The second kappa shape index (κ2) is 18.0. The first kappa shape index (κ1) is 45.6. The SMILES string of the molecule is CCc1nc2ccc(OCCCOC)cc2c2c1OC1(CC2)CC2C(=O)NC3(C(=O)NS(=O)(=O)C4(C)CC4)CCC3C=CCCCCCC(NC(=O)OCC(C)(C)C)C(=O)N2C1. The number of alkyl carbamates (subject to hydrolysis) is 1. The predicted octanol–water partition coefficient (Wildman–Crippen LogP) is 5.80. The van der Waals surface area contributed by atoms with Gasteiger partial charge in [-0.3, -0.25) is 19.1 Å². The molecule has 3 N–H and O–H groups in total. The molecule has 1 spiro atoms. The summed E-state index contributed by atoms with van der Waals surface area (Å²) in [6.45, 7) is 10.7. The van der Waals surface area contributed by atoms with Crippen LogP contribution in [0.3, 0.4) is 0 Å². The van der Waals surface area contributed by atoms with E-state index in [0.717, 1.165) is 41.4 Å². The largest absolute Gasteiger partial charge is 0.493 e. The maximum atomic E-state index is 15.0. The zero-order chi connectivity index (χ0) is 44.5. The van der Waals surface area contributed by atoms with Crippen LogP contribution in [0.1, 0.15) is 123 Å². The summed E-state index contributed by atoms with van der Waals surface area (Å²) < 4.78 is 52.0. The monoisotopic (exact) mass is 879 g/mol. The van der Waals surface area contributed by atoms with E-state index in [1.807, 2.05) is 58.0 Å². The number of carbonyl (C=O) groups is 4. The van der Waals surface area contributed by atoms with Crippen molar-refractivity contribution in [1.82, 2.24) is 25.2 Å². The van der Waals surface area contributed by atoms with Gasteiger partial charge in [0.1, 0.15) is 34.7 Å². The van der Waals surface area contributed by atoms with Crippen LogP contribution in [0.15, 0.2) is 30.4 Å². The minimum absolute atomic E-state index is 0.0394. The van der Waals surface area contributed by atoms with E-state index in [4.69, 9.17) is 23.9 Å². The van der Waals surface area contributed by atoms with Crippen LogP contribution in [0.25, 0.3) is 10.9 Å². The standard InChI is InChI=1S/C46H65N5O10S/c1-7-34-38-32(33-26-31(16-17-35(33)47-34)59-25-13-24-58-6)19-20-45(61-38)27-37-39(52)49-46(41(54)50-62(56,57)44(5)22-23-44)21-18-30(46)14-11-9-8-10-12-15-36(40(53)51(37)28-45)48-42(55)60-29-43(2,3)4/h11,14,16-17,26,30,36-37H,7-10,12-13,15,18-25,27-29H2,1-6H3,(H,48,55)(H,49,52)(H,50,54). The van der Waals surface area contributed by atoms with Crippen LogP contribution in [0.5, 0.6) is 11.5 Å². The first-order valence-electron chi connectivity index (χ1n) is 22.5. The number of fused-ring (bicyclic) bond motifs is 5. The van der Waals surface area contributed by atoms with Gasteiger partial charge in [0.05, 0.1) is 35.7 Å². The molecule has 2 saturated carbocycles. The average Bonchev–Trinajstić information content (AvgIpc) is 3.89. The van der Waals surface area contributed by atoms with Gasteiger partial charge >= 0.3 is 6.09 Å². The molecule has 4 heterocycles. The van der Waals surface area contributed by atoms with Crippen molar-refractivity contribution in [2.45, 2.75) is 152 Å². The third-order valence-electron chi connectivity index (χ3n) is 13.3. The molecule has 0 bridgehead atoms. The van der Waals surface area contributed by atoms with Gasteiger partial charge in [0.2, 0.25) is 21.8 Å². The van der Waals surface area contributed by atoms with Gasteiger partial charge in [-0.15, -0.1) is 0 Å². The fraction of sp³-hybridized carbons (Fsp3) is 0.674. The summed E-state index contributed by atoms with van der Waals surface area (Å²) in [6, 6.07) is 3.73. The molecule has 3 aliphatic heterocycles. The van der Waals surface area contributed by atoms with Gasteiger partial charge in [-0.2, -0.15) is 0 Å². The van der Waals surface area contributed by atoms with Crippen molar-refractivity contribution in [3.63, 3.8) is 0 Å². The molecular weight excluding hydrogens is 815 g/mol. The van der Waals surface area contributed by atoms with Crippen molar-refractivity contribution < 1.29 is 46.5 Å². The van der Waals surface area contributed by atoms with Crippen molar-refractivity contribution in [2.24, 2.45) is 11.3 Å². The number of rotatable bonds is 11. The Morgan fingerprint density at radius 1 is 1.06 bits per heavy atom. The van der Waals surface area contributed by atoms with E-state index in [2.05, 4.69) is 15.4 Å². The summed E-state index contributed by atoms with van der Waals surface area (Å²) in [5, 5.41) is 6.77. The van der Waals surface area contributed by atoms with Crippen LogP contribution >= 0.6 is 0 Å². The van der Waals surface area contributed by atoms with Crippen molar-refractivity contribution in [2.75, 3.05) is 33.5 Å². The molecule has 62 heavy (non-hydrogen) atoms. The van der Waals surface area contributed by atoms with Gasteiger partial charge in [-0.25, -0.2) is 18.2 Å². The zero-order valence-electron chi connectivity index (χ0n) is 37.2. The van der Waals surface area contributed by atoms with Crippen LogP contribution in [0.2, 0.25) is 0 Å². The number of nitrogens with one attached hydrogen (secondary N) is 3. The highest BCUT2D eigenvalue weighted by Gasteiger charge is 2.59. The Hall–Kier alpha value is -4.44. The first-order chi connectivity index (χ1) is 29.4. The summed E-state index contributed by atoms with van der Waals surface area (Å²) >= 11 is 0. The molecule has 1 aromatic carbocycles. The number of aryl methyl sites for hydroxylation is 2. The number of sulfonamides is 1. The lowest BCUT2D eigenvalue weighted by molar-refractivity contribution is -0.144. The summed E-state index contributed by atoms with van der Waals surface area (Å²) in [5.74, 6) is -0.934. The lowest BCUT2D eigenvalue weighted by Crippen LogP contribution is -2.70. The lowest BCUT2D eigenvalue weighted by atomic mass is 9.65. The molecule has 15 nitrogen and oxygen atoms in total. The summed E-state index contributed by atoms with van der Waals surface area (Å²) in [4.78, 5) is 64.0. The number of hydrogen-bond donors (Lipinski definition) is 3.